The van der Waals surface area contributed by atoms with Gasteiger partial charge < -0.3 is 35.8 Å². The predicted octanol–water partition coefficient (Wildman–Crippen LogP) is 1.27. The molecular formula is C12H9NO7. The maximum atomic E-state index is 9.96. The fourth-order valence-electron chi connectivity index (χ4n) is 2.25. The summed E-state index contributed by atoms with van der Waals surface area (Å²) in [5, 5.41) is 67.5. The van der Waals surface area contributed by atoms with Crippen LogP contribution in [0.2, 0.25) is 0 Å². The van der Waals surface area contributed by atoms with Crippen LogP contribution in [0, 0.1) is 0 Å². The maximum absolute atomic E-state index is 9.96. The number of hydrogen-bond acceptors (Lipinski definition) is 7. The van der Waals surface area contributed by atoms with E-state index in [2.05, 4.69) is 0 Å². The minimum Gasteiger partial charge on any atom is -0.507 e. The van der Waals surface area contributed by atoms with Crippen molar-refractivity contribution in [1.29, 1.82) is 0 Å². The third kappa shape index (κ3) is 1.19. The van der Waals surface area contributed by atoms with E-state index in [9.17, 15) is 35.8 Å². The lowest BCUT2D eigenvalue weighted by atomic mass is 10.1. The lowest BCUT2D eigenvalue weighted by molar-refractivity contribution is 0.208. The molecule has 0 spiro atoms. The highest BCUT2D eigenvalue weighted by Gasteiger charge is 2.25. The average Bonchev–Trinajstić information content (AvgIpc) is 2.67. The Bertz CT molecular complexity index is 881. The van der Waals surface area contributed by atoms with Crippen LogP contribution in [0.25, 0.3) is 21.8 Å². The van der Waals surface area contributed by atoms with Gasteiger partial charge in [0.15, 0.2) is 23.0 Å². The molecule has 0 atom stereocenters. The summed E-state index contributed by atoms with van der Waals surface area (Å²) in [6.45, 7) is 0. The monoisotopic (exact) mass is 279 g/mol. The standard InChI is InChI=1S/C12H9NO7/c14-4-2-6(16)10(17)9-7(4)3-1-5(15)11(18)12(19)8(3)13(9)20/h1-2,14-20H. The van der Waals surface area contributed by atoms with Crippen LogP contribution in [0.3, 0.4) is 0 Å². The fraction of sp³-hybridized carbons (Fsp3) is 0. The van der Waals surface area contributed by atoms with Crippen molar-refractivity contribution in [3.05, 3.63) is 12.1 Å². The number of hydrogen-bond donors (Lipinski definition) is 7. The van der Waals surface area contributed by atoms with Gasteiger partial charge in [-0.2, -0.15) is 4.73 Å². The van der Waals surface area contributed by atoms with Crippen molar-refractivity contribution in [2.24, 2.45) is 0 Å². The molecule has 3 aromatic rings. The molecule has 0 unspecified atom stereocenters. The zero-order chi connectivity index (χ0) is 14.8. The third-order valence-corrected chi connectivity index (χ3v) is 3.15. The van der Waals surface area contributed by atoms with Crippen molar-refractivity contribution in [3.63, 3.8) is 0 Å². The van der Waals surface area contributed by atoms with Crippen LogP contribution < -0.4 is 0 Å². The zero-order valence-electron chi connectivity index (χ0n) is 9.73. The van der Waals surface area contributed by atoms with Crippen LogP contribution in [-0.2, 0) is 0 Å². The topological polar surface area (TPSA) is 147 Å². The van der Waals surface area contributed by atoms with Gasteiger partial charge in [-0.15, -0.1) is 0 Å². The smallest absolute Gasteiger partial charge is 0.202 e. The number of aromatic hydroxyl groups is 6. The van der Waals surface area contributed by atoms with Gasteiger partial charge in [-0.1, -0.05) is 0 Å². The van der Waals surface area contributed by atoms with Crippen molar-refractivity contribution in [2.45, 2.75) is 0 Å². The first-order valence-electron chi connectivity index (χ1n) is 5.39. The number of phenols is 6. The fourth-order valence-corrected chi connectivity index (χ4v) is 2.25. The highest BCUT2D eigenvalue weighted by atomic mass is 16.5. The van der Waals surface area contributed by atoms with Crippen molar-refractivity contribution >= 4 is 21.8 Å². The molecule has 0 saturated carbocycles. The third-order valence-electron chi connectivity index (χ3n) is 3.15. The Balaban J connectivity index is 2.73. The van der Waals surface area contributed by atoms with Crippen LogP contribution in [-0.4, -0.2) is 40.6 Å². The molecule has 0 aliphatic heterocycles. The van der Waals surface area contributed by atoms with Crippen LogP contribution in [0.4, 0.5) is 0 Å². The normalized spacial score (nSPS) is 11.4. The summed E-state index contributed by atoms with van der Waals surface area (Å²) in [5.74, 6) is -4.27. The van der Waals surface area contributed by atoms with E-state index in [0.29, 0.717) is 4.73 Å². The Kier molecular flexibility index (Phi) is 2.05. The van der Waals surface area contributed by atoms with E-state index < -0.39 is 34.5 Å². The highest BCUT2D eigenvalue weighted by Crippen LogP contribution is 2.49. The lowest BCUT2D eigenvalue weighted by Crippen LogP contribution is -1.90. The van der Waals surface area contributed by atoms with Crippen LogP contribution in [0.15, 0.2) is 12.1 Å². The molecule has 20 heavy (non-hydrogen) atoms. The summed E-state index contributed by atoms with van der Waals surface area (Å²) < 4.78 is 0.300. The summed E-state index contributed by atoms with van der Waals surface area (Å²) in [5.41, 5.74) is -0.718. The average molecular weight is 279 g/mol. The molecule has 8 heteroatoms. The minimum absolute atomic E-state index is 0.0249. The molecule has 1 aromatic heterocycles. The summed E-state index contributed by atoms with van der Waals surface area (Å²) in [7, 11) is 0. The minimum atomic E-state index is -0.862. The Morgan fingerprint density at radius 3 is 1.90 bits per heavy atom. The second-order valence-corrected chi connectivity index (χ2v) is 4.29. The van der Waals surface area contributed by atoms with E-state index in [1.54, 1.807) is 0 Å². The predicted molar refractivity (Wildman–Crippen MR) is 66.6 cm³/mol. The van der Waals surface area contributed by atoms with Crippen molar-refractivity contribution in [3.8, 4) is 34.5 Å². The molecule has 3 rings (SSSR count). The molecule has 8 nitrogen and oxygen atoms in total. The highest BCUT2D eigenvalue weighted by molar-refractivity contribution is 6.15. The molecule has 0 bridgehead atoms. The Morgan fingerprint density at radius 1 is 0.650 bits per heavy atom. The first kappa shape index (κ1) is 11.9. The van der Waals surface area contributed by atoms with Crippen molar-refractivity contribution < 1.29 is 35.8 Å². The summed E-state index contributed by atoms with van der Waals surface area (Å²) >= 11 is 0. The van der Waals surface area contributed by atoms with Gasteiger partial charge in [0.25, 0.3) is 0 Å². The number of benzene rings is 2. The number of nitrogens with zero attached hydrogens (tertiary/aromatic N) is 1. The molecule has 0 fully saturated rings. The molecule has 0 radical (unpaired) electrons. The van der Waals surface area contributed by atoms with Crippen LogP contribution >= 0.6 is 0 Å². The Labute approximate surface area is 110 Å². The van der Waals surface area contributed by atoms with Gasteiger partial charge in [-0.25, -0.2) is 0 Å². The molecule has 0 amide bonds. The van der Waals surface area contributed by atoms with Crippen LogP contribution in [0.5, 0.6) is 34.5 Å². The first-order valence-corrected chi connectivity index (χ1v) is 5.39. The quantitative estimate of drug-likeness (QED) is 0.186. The van der Waals surface area contributed by atoms with E-state index in [4.69, 9.17) is 0 Å². The van der Waals surface area contributed by atoms with Gasteiger partial charge in [0.1, 0.15) is 16.8 Å². The van der Waals surface area contributed by atoms with Crippen molar-refractivity contribution in [1.82, 2.24) is 4.73 Å². The second kappa shape index (κ2) is 3.44. The molecule has 1 heterocycles. The van der Waals surface area contributed by atoms with Gasteiger partial charge in [-0.05, 0) is 6.07 Å². The molecule has 7 N–H and O–H groups in total. The number of aromatic nitrogens is 1. The van der Waals surface area contributed by atoms with E-state index in [1.807, 2.05) is 0 Å². The summed E-state index contributed by atoms with van der Waals surface area (Å²) in [6, 6.07) is 1.84. The van der Waals surface area contributed by atoms with Gasteiger partial charge in [0.05, 0.1) is 5.39 Å². The molecule has 0 saturated heterocycles. The lowest BCUT2D eigenvalue weighted by Gasteiger charge is -2.03. The van der Waals surface area contributed by atoms with E-state index in [-0.39, 0.29) is 21.8 Å². The Morgan fingerprint density at radius 2 is 1.25 bits per heavy atom. The molecule has 2 aromatic carbocycles. The maximum Gasteiger partial charge on any atom is 0.202 e. The molecular weight excluding hydrogens is 270 g/mol. The van der Waals surface area contributed by atoms with E-state index in [1.165, 1.54) is 0 Å². The second-order valence-electron chi connectivity index (χ2n) is 4.29. The van der Waals surface area contributed by atoms with Crippen LogP contribution in [0.1, 0.15) is 0 Å². The summed E-state index contributed by atoms with van der Waals surface area (Å²) in [4.78, 5) is 0. The van der Waals surface area contributed by atoms with Crippen molar-refractivity contribution in [2.75, 3.05) is 0 Å². The van der Waals surface area contributed by atoms with E-state index in [0.717, 1.165) is 12.1 Å². The Hall–Kier alpha value is -3.16. The number of rotatable bonds is 0. The van der Waals surface area contributed by atoms with Gasteiger partial charge in [-0.3, -0.25) is 0 Å². The van der Waals surface area contributed by atoms with Gasteiger partial charge in [0, 0.05) is 11.5 Å². The molecule has 104 valence electrons. The largest absolute Gasteiger partial charge is 0.507 e. The van der Waals surface area contributed by atoms with E-state index >= 15 is 0 Å². The SMILES string of the molecule is Oc1cc2c3c(O)cc(O)c(O)c3n(O)c2c(O)c1O. The summed E-state index contributed by atoms with van der Waals surface area (Å²) in [6.07, 6.45) is 0. The molecule has 0 aliphatic rings. The zero-order valence-corrected chi connectivity index (χ0v) is 9.73. The number of fused-ring (bicyclic) bond motifs is 3. The van der Waals surface area contributed by atoms with Gasteiger partial charge in [0.2, 0.25) is 5.75 Å². The first-order chi connectivity index (χ1) is 9.34. The molecule has 0 aliphatic carbocycles. The van der Waals surface area contributed by atoms with Gasteiger partial charge >= 0.3 is 0 Å². The number of phenolic OH excluding ortho intramolecular Hbond substituents is 6.